The molecule has 0 saturated carbocycles. The van der Waals surface area contributed by atoms with Gasteiger partial charge in [0.2, 0.25) is 5.60 Å². The van der Waals surface area contributed by atoms with Gasteiger partial charge in [-0.1, -0.05) is 31.5 Å². The Hall–Kier alpha value is -3.76. The fourth-order valence-corrected chi connectivity index (χ4v) is 4.17. The SMILES string of the molecule is COc1cc(C(=O)NCC(O)(c2cc(C(C)C)cc(-c3ccc(F)c(Cl)c3)n2)C(F)(F)F)cc2cccnc12. The summed E-state index contributed by atoms with van der Waals surface area (Å²) in [5, 5.41) is 13.5. The maximum Gasteiger partial charge on any atom is 0.424 e. The van der Waals surface area contributed by atoms with Crippen LogP contribution in [0.1, 0.15) is 41.4 Å². The molecule has 1 amide bonds. The van der Waals surface area contributed by atoms with Crippen molar-refractivity contribution in [1.82, 2.24) is 15.3 Å². The van der Waals surface area contributed by atoms with E-state index in [1.807, 2.05) is 0 Å². The quantitative estimate of drug-likeness (QED) is 0.255. The van der Waals surface area contributed by atoms with Gasteiger partial charge in [-0.05, 0) is 60.0 Å². The van der Waals surface area contributed by atoms with Crippen LogP contribution in [-0.4, -0.2) is 40.8 Å². The molecule has 0 aliphatic carbocycles. The zero-order chi connectivity index (χ0) is 28.5. The molecule has 0 spiro atoms. The predicted octanol–water partition coefficient (Wildman–Crippen LogP) is 6.40. The molecule has 0 aliphatic heterocycles. The Kier molecular flexibility index (Phi) is 7.81. The lowest BCUT2D eigenvalue weighted by Gasteiger charge is -2.31. The zero-order valence-electron chi connectivity index (χ0n) is 21.1. The van der Waals surface area contributed by atoms with Crippen LogP contribution in [0.25, 0.3) is 22.2 Å². The molecular formula is C28H24ClF4N3O3. The minimum atomic E-state index is -5.22. The first-order valence-electron chi connectivity index (χ1n) is 11.8. The van der Waals surface area contributed by atoms with Crippen LogP contribution in [0, 0.1) is 5.82 Å². The Bertz CT molecular complexity index is 1540. The molecule has 1 unspecified atom stereocenters. The summed E-state index contributed by atoms with van der Waals surface area (Å²) >= 11 is 5.88. The van der Waals surface area contributed by atoms with Crippen LogP contribution in [0.3, 0.4) is 0 Å². The summed E-state index contributed by atoms with van der Waals surface area (Å²) in [4.78, 5) is 21.2. The molecule has 1 atom stereocenters. The molecule has 2 aromatic carbocycles. The Balaban J connectivity index is 1.74. The molecule has 4 aromatic rings. The van der Waals surface area contributed by atoms with Gasteiger partial charge in [-0.3, -0.25) is 9.78 Å². The molecule has 11 heteroatoms. The summed E-state index contributed by atoms with van der Waals surface area (Å²) in [5.41, 5.74) is -3.02. The van der Waals surface area contributed by atoms with Crippen LogP contribution < -0.4 is 10.1 Å². The lowest BCUT2D eigenvalue weighted by molar-refractivity contribution is -0.265. The van der Waals surface area contributed by atoms with Crippen molar-refractivity contribution >= 4 is 28.4 Å². The van der Waals surface area contributed by atoms with Crippen molar-refractivity contribution in [3.63, 3.8) is 0 Å². The van der Waals surface area contributed by atoms with Crippen molar-refractivity contribution in [3.8, 4) is 17.0 Å². The fourth-order valence-electron chi connectivity index (χ4n) is 3.99. The Morgan fingerprint density at radius 1 is 1.13 bits per heavy atom. The van der Waals surface area contributed by atoms with Crippen molar-refractivity contribution in [2.75, 3.05) is 13.7 Å². The van der Waals surface area contributed by atoms with E-state index in [9.17, 15) is 27.5 Å². The topological polar surface area (TPSA) is 84.3 Å². The number of carbonyl (C=O) groups excluding carboxylic acids is 1. The van der Waals surface area contributed by atoms with Crippen molar-refractivity contribution in [1.29, 1.82) is 0 Å². The lowest BCUT2D eigenvalue weighted by Crippen LogP contribution is -2.51. The number of methoxy groups -OCH3 is 1. The maximum atomic E-state index is 14.4. The number of nitrogens with one attached hydrogen (secondary N) is 1. The number of pyridine rings is 2. The summed E-state index contributed by atoms with van der Waals surface area (Å²) in [7, 11) is 1.38. The van der Waals surface area contributed by atoms with Gasteiger partial charge in [0, 0.05) is 22.7 Å². The third-order valence-electron chi connectivity index (χ3n) is 6.28. The summed E-state index contributed by atoms with van der Waals surface area (Å²) in [6.07, 6.45) is -3.67. The van der Waals surface area contributed by atoms with Crippen LogP contribution in [0.15, 0.2) is 60.8 Å². The van der Waals surface area contributed by atoms with Crippen LogP contribution in [0.5, 0.6) is 5.75 Å². The number of ether oxygens (including phenoxy) is 1. The van der Waals surface area contributed by atoms with Gasteiger partial charge in [-0.25, -0.2) is 9.37 Å². The van der Waals surface area contributed by atoms with Gasteiger partial charge in [0.15, 0.2) is 0 Å². The zero-order valence-corrected chi connectivity index (χ0v) is 21.9. The van der Waals surface area contributed by atoms with Crippen LogP contribution in [0.2, 0.25) is 5.02 Å². The van der Waals surface area contributed by atoms with E-state index in [1.165, 1.54) is 31.4 Å². The standard InChI is InChI=1S/C28H24ClF4N3O3/c1-15(2)18-11-22(16-6-7-21(30)20(29)10-16)36-24(13-18)27(38,28(31,32)33)14-35-26(37)19-9-17-5-4-8-34-25(17)23(12-19)39-3/h4-13,15,38H,14H2,1-3H3,(H,35,37). The van der Waals surface area contributed by atoms with Crippen LogP contribution in [0.4, 0.5) is 17.6 Å². The molecule has 39 heavy (non-hydrogen) atoms. The second-order valence-corrected chi connectivity index (χ2v) is 9.66. The highest BCUT2D eigenvalue weighted by atomic mass is 35.5. The fraction of sp³-hybridized carbons (Fsp3) is 0.250. The summed E-state index contributed by atoms with van der Waals surface area (Å²) < 4.78 is 62.2. The first-order chi connectivity index (χ1) is 18.3. The van der Waals surface area contributed by atoms with Gasteiger partial charge in [0.1, 0.15) is 17.1 Å². The van der Waals surface area contributed by atoms with Crippen molar-refractivity contribution in [2.24, 2.45) is 0 Å². The number of rotatable bonds is 7. The van der Waals surface area contributed by atoms with Gasteiger partial charge < -0.3 is 15.2 Å². The van der Waals surface area contributed by atoms with E-state index in [1.54, 1.807) is 38.2 Å². The molecule has 0 aliphatic rings. The van der Waals surface area contributed by atoms with Gasteiger partial charge >= 0.3 is 6.18 Å². The Morgan fingerprint density at radius 2 is 1.87 bits per heavy atom. The maximum absolute atomic E-state index is 14.4. The molecule has 6 nitrogen and oxygen atoms in total. The molecule has 204 valence electrons. The van der Waals surface area contributed by atoms with Crippen LogP contribution >= 0.6 is 11.6 Å². The number of hydrogen-bond donors (Lipinski definition) is 2. The largest absolute Gasteiger partial charge is 0.494 e. The number of aliphatic hydroxyl groups is 1. The Labute approximate surface area is 226 Å². The molecule has 2 heterocycles. The second kappa shape index (κ2) is 10.8. The second-order valence-electron chi connectivity index (χ2n) is 9.25. The predicted molar refractivity (Wildman–Crippen MR) is 139 cm³/mol. The van der Waals surface area contributed by atoms with E-state index in [4.69, 9.17) is 16.3 Å². The van der Waals surface area contributed by atoms with E-state index in [0.29, 0.717) is 16.5 Å². The highest BCUT2D eigenvalue weighted by Crippen LogP contribution is 2.40. The molecule has 0 radical (unpaired) electrons. The lowest BCUT2D eigenvalue weighted by atomic mass is 9.92. The number of halogens is 5. The van der Waals surface area contributed by atoms with E-state index in [0.717, 1.165) is 12.1 Å². The van der Waals surface area contributed by atoms with E-state index >= 15 is 0 Å². The number of hydrogen-bond acceptors (Lipinski definition) is 5. The number of amides is 1. The monoisotopic (exact) mass is 561 g/mol. The summed E-state index contributed by atoms with van der Waals surface area (Å²) in [6, 6.07) is 12.5. The molecule has 0 fully saturated rings. The summed E-state index contributed by atoms with van der Waals surface area (Å²) in [5.74, 6) is -1.55. The normalized spacial score (nSPS) is 13.4. The van der Waals surface area contributed by atoms with Crippen molar-refractivity contribution in [3.05, 3.63) is 88.5 Å². The van der Waals surface area contributed by atoms with Crippen LogP contribution in [-0.2, 0) is 5.60 Å². The molecule has 0 bridgehead atoms. The number of benzene rings is 2. The van der Waals surface area contributed by atoms with Gasteiger partial charge in [0.05, 0.1) is 30.1 Å². The molecule has 2 aromatic heterocycles. The average Bonchev–Trinajstić information content (AvgIpc) is 2.91. The van der Waals surface area contributed by atoms with E-state index in [2.05, 4.69) is 15.3 Å². The number of alkyl halides is 3. The first kappa shape index (κ1) is 28.3. The number of fused-ring (bicyclic) bond motifs is 1. The highest BCUT2D eigenvalue weighted by Gasteiger charge is 2.56. The van der Waals surface area contributed by atoms with E-state index < -0.39 is 35.7 Å². The highest BCUT2D eigenvalue weighted by molar-refractivity contribution is 6.31. The van der Waals surface area contributed by atoms with Crippen molar-refractivity contribution < 1.29 is 32.2 Å². The smallest absolute Gasteiger partial charge is 0.424 e. The number of carbonyl (C=O) groups is 1. The van der Waals surface area contributed by atoms with Gasteiger partial charge in [-0.15, -0.1) is 0 Å². The minimum absolute atomic E-state index is 0.0161. The average molecular weight is 562 g/mol. The summed E-state index contributed by atoms with van der Waals surface area (Å²) in [6.45, 7) is 2.30. The Morgan fingerprint density at radius 3 is 2.51 bits per heavy atom. The number of aromatic nitrogens is 2. The molecule has 0 saturated heterocycles. The minimum Gasteiger partial charge on any atom is -0.494 e. The molecular weight excluding hydrogens is 538 g/mol. The number of nitrogens with zero attached hydrogens (tertiary/aromatic N) is 2. The van der Waals surface area contributed by atoms with Crippen molar-refractivity contribution in [2.45, 2.75) is 31.5 Å². The van der Waals surface area contributed by atoms with Gasteiger partial charge in [0.25, 0.3) is 5.91 Å². The first-order valence-corrected chi connectivity index (χ1v) is 12.2. The third kappa shape index (κ3) is 5.67. The molecule has 4 rings (SSSR count). The third-order valence-corrected chi connectivity index (χ3v) is 6.57. The van der Waals surface area contributed by atoms with Gasteiger partial charge in [-0.2, -0.15) is 13.2 Å². The van der Waals surface area contributed by atoms with E-state index in [-0.39, 0.29) is 33.5 Å². The molecule has 2 N–H and O–H groups in total.